The predicted molar refractivity (Wildman–Crippen MR) is 113 cm³/mol. The second-order valence-electron chi connectivity index (χ2n) is 6.93. The Morgan fingerprint density at radius 1 is 1.18 bits per heavy atom. The first-order chi connectivity index (χ1) is 13.8. The first-order valence-electron chi connectivity index (χ1n) is 9.73. The number of thiophene rings is 1. The molecule has 7 heteroatoms. The highest BCUT2D eigenvalue weighted by molar-refractivity contribution is 7.10. The van der Waals surface area contributed by atoms with Gasteiger partial charge in [-0.2, -0.15) is 0 Å². The normalized spacial score (nSPS) is 16.1. The fourth-order valence-corrected chi connectivity index (χ4v) is 4.54. The van der Waals surface area contributed by atoms with E-state index in [-0.39, 0.29) is 12.1 Å². The van der Waals surface area contributed by atoms with Gasteiger partial charge in [0, 0.05) is 48.2 Å². The van der Waals surface area contributed by atoms with Gasteiger partial charge < -0.3 is 20.4 Å². The fraction of sp³-hybridized carbons (Fsp3) is 0.381. The Bertz CT molecular complexity index is 887. The van der Waals surface area contributed by atoms with E-state index < -0.39 is 0 Å². The number of aromatic nitrogens is 1. The zero-order valence-corrected chi connectivity index (χ0v) is 16.6. The zero-order chi connectivity index (χ0) is 19.2. The monoisotopic (exact) mass is 398 g/mol. The van der Waals surface area contributed by atoms with Crippen LogP contribution in [0.4, 0.5) is 4.79 Å². The lowest BCUT2D eigenvalue weighted by Gasteiger charge is -2.34. The molecule has 0 unspecified atom stereocenters. The molecule has 2 amide bonds. The number of nitrogens with one attached hydrogen (secondary N) is 3. The number of ether oxygens (including phenoxy) is 1. The maximum Gasteiger partial charge on any atom is 0.314 e. The van der Waals surface area contributed by atoms with Crippen LogP contribution in [0.15, 0.2) is 48.0 Å². The summed E-state index contributed by atoms with van der Waals surface area (Å²) in [5, 5.41) is 9.34. The number of aromatic amines is 1. The first kappa shape index (κ1) is 19.0. The van der Waals surface area contributed by atoms with Gasteiger partial charge in [0.2, 0.25) is 0 Å². The van der Waals surface area contributed by atoms with E-state index in [2.05, 4.69) is 50.2 Å². The molecular weight excluding hydrogens is 372 g/mol. The van der Waals surface area contributed by atoms with Crippen molar-refractivity contribution in [1.82, 2.24) is 20.5 Å². The molecule has 3 aromatic rings. The SMILES string of the molecule is O=C(NCCc1c[nH]c2ccccc12)NC[C@H](c1cccs1)N1CCOCC1. The van der Waals surface area contributed by atoms with Crippen molar-refractivity contribution in [3.63, 3.8) is 0 Å². The molecule has 1 atom stereocenters. The van der Waals surface area contributed by atoms with E-state index in [4.69, 9.17) is 4.74 Å². The molecule has 0 aliphatic carbocycles. The van der Waals surface area contributed by atoms with Gasteiger partial charge in [-0.1, -0.05) is 24.3 Å². The number of H-pyrrole nitrogens is 1. The number of carbonyl (C=O) groups is 1. The van der Waals surface area contributed by atoms with Gasteiger partial charge >= 0.3 is 6.03 Å². The van der Waals surface area contributed by atoms with Gasteiger partial charge in [-0.25, -0.2) is 4.79 Å². The summed E-state index contributed by atoms with van der Waals surface area (Å²) in [6.07, 6.45) is 2.82. The van der Waals surface area contributed by atoms with Crippen molar-refractivity contribution < 1.29 is 9.53 Å². The summed E-state index contributed by atoms with van der Waals surface area (Å²) in [7, 11) is 0. The Morgan fingerprint density at radius 2 is 2.04 bits per heavy atom. The molecule has 6 nitrogen and oxygen atoms in total. The van der Waals surface area contributed by atoms with Gasteiger partial charge in [0.1, 0.15) is 0 Å². The molecule has 0 radical (unpaired) electrons. The minimum Gasteiger partial charge on any atom is -0.379 e. The largest absolute Gasteiger partial charge is 0.379 e. The van der Waals surface area contributed by atoms with E-state index >= 15 is 0 Å². The molecule has 1 fully saturated rings. The van der Waals surface area contributed by atoms with E-state index in [1.165, 1.54) is 15.8 Å². The maximum atomic E-state index is 12.3. The van der Waals surface area contributed by atoms with E-state index in [1.807, 2.05) is 18.3 Å². The van der Waals surface area contributed by atoms with E-state index in [0.717, 1.165) is 38.2 Å². The standard InChI is InChI=1S/C21H26N4O2S/c26-21(22-8-7-16-14-23-18-5-2-1-4-17(16)18)24-15-19(20-6-3-13-28-20)25-9-11-27-12-10-25/h1-6,13-14,19,23H,7-12,15H2,(H2,22,24,26)/t19-/m1/s1. The van der Waals surface area contributed by atoms with Crippen LogP contribution in [0.2, 0.25) is 0 Å². The van der Waals surface area contributed by atoms with Crippen LogP contribution in [0.5, 0.6) is 0 Å². The number of rotatable bonds is 7. The molecule has 1 aliphatic rings. The molecule has 0 saturated carbocycles. The highest BCUT2D eigenvalue weighted by Crippen LogP contribution is 2.25. The van der Waals surface area contributed by atoms with Gasteiger partial charge in [0.25, 0.3) is 0 Å². The lowest BCUT2D eigenvalue weighted by Crippen LogP contribution is -2.45. The predicted octanol–water partition coefficient (Wildman–Crippen LogP) is 3.14. The van der Waals surface area contributed by atoms with Crippen LogP contribution in [-0.2, 0) is 11.2 Å². The molecule has 28 heavy (non-hydrogen) atoms. The highest BCUT2D eigenvalue weighted by atomic mass is 32.1. The number of fused-ring (bicyclic) bond motifs is 1. The third-order valence-corrected chi connectivity index (χ3v) is 6.14. The molecule has 0 bridgehead atoms. The van der Waals surface area contributed by atoms with Crippen molar-refractivity contribution in [2.45, 2.75) is 12.5 Å². The molecule has 1 saturated heterocycles. The van der Waals surface area contributed by atoms with Crippen molar-refractivity contribution >= 4 is 28.3 Å². The molecule has 3 N–H and O–H groups in total. The van der Waals surface area contributed by atoms with E-state index in [9.17, 15) is 4.79 Å². The van der Waals surface area contributed by atoms with Crippen LogP contribution in [0.3, 0.4) is 0 Å². The van der Waals surface area contributed by atoms with Crippen LogP contribution < -0.4 is 10.6 Å². The Morgan fingerprint density at radius 3 is 2.86 bits per heavy atom. The van der Waals surface area contributed by atoms with Crippen LogP contribution in [0, 0.1) is 0 Å². The topological polar surface area (TPSA) is 69.4 Å². The number of nitrogens with zero attached hydrogens (tertiary/aromatic N) is 1. The summed E-state index contributed by atoms with van der Waals surface area (Å²) < 4.78 is 5.47. The van der Waals surface area contributed by atoms with E-state index in [0.29, 0.717) is 13.1 Å². The molecule has 3 heterocycles. The highest BCUT2D eigenvalue weighted by Gasteiger charge is 2.23. The van der Waals surface area contributed by atoms with Crippen molar-refractivity contribution in [3.8, 4) is 0 Å². The van der Waals surface area contributed by atoms with Crippen molar-refractivity contribution in [3.05, 3.63) is 58.4 Å². The summed E-state index contributed by atoms with van der Waals surface area (Å²) in [6, 6.07) is 12.5. The zero-order valence-electron chi connectivity index (χ0n) is 15.8. The molecule has 148 valence electrons. The fourth-order valence-electron chi connectivity index (χ4n) is 3.68. The maximum absolute atomic E-state index is 12.3. The van der Waals surface area contributed by atoms with Gasteiger partial charge in [-0.15, -0.1) is 11.3 Å². The summed E-state index contributed by atoms with van der Waals surface area (Å²) >= 11 is 1.74. The molecule has 4 rings (SSSR count). The van der Waals surface area contributed by atoms with Crippen molar-refractivity contribution in [1.29, 1.82) is 0 Å². The summed E-state index contributed by atoms with van der Waals surface area (Å²) in [5.41, 5.74) is 2.35. The Labute approximate surface area is 168 Å². The Hall–Kier alpha value is -2.35. The third-order valence-electron chi connectivity index (χ3n) is 5.17. The van der Waals surface area contributed by atoms with E-state index in [1.54, 1.807) is 11.3 Å². The lowest BCUT2D eigenvalue weighted by molar-refractivity contribution is 0.0174. The van der Waals surface area contributed by atoms with Crippen LogP contribution in [-0.4, -0.2) is 55.3 Å². The average Bonchev–Trinajstić information content (AvgIpc) is 3.40. The summed E-state index contributed by atoms with van der Waals surface area (Å²) in [4.78, 5) is 19.3. The number of urea groups is 1. The Balaban J connectivity index is 1.27. The minimum atomic E-state index is -0.116. The molecule has 2 aromatic heterocycles. The second kappa shape index (κ2) is 9.23. The molecular formula is C21H26N4O2S. The molecule has 1 aromatic carbocycles. The quantitative estimate of drug-likeness (QED) is 0.573. The summed E-state index contributed by atoms with van der Waals surface area (Å²) in [5.74, 6) is 0. The number of hydrogen-bond acceptors (Lipinski definition) is 4. The summed E-state index contributed by atoms with van der Waals surface area (Å²) in [6.45, 7) is 4.49. The number of benzene rings is 1. The van der Waals surface area contributed by atoms with Gasteiger partial charge in [0.05, 0.1) is 19.3 Å². The number of amides is 2. The van der Waals surface area contributed by atoms with Crippen LogP contribution >= 0.6 is 11.3 Å². The Kier molecular flexibility index (Phi) is 6.26. The van der Waals surface area contributed by atoms with Gasteiger partial charge in [-0.05, 0) is 29.5 Å². The number of hydrogen-bond donors (Lipinski definition) is 3. The average molecular weight is 399 g/mol. The third kappa shape index (κ3) is 4.55. The smallest absolute Gasteiger partial charge is 0.314 e. The molecule has 0 spiro atoms. The van der Waals surface area contributed by atoms with Crippen molar-refractivity contribution in [2.24, 2.45) is 0 Å². The molecule has 1 aliphatic heterocycles. The van der Waals surface area contributed by atoms with Gasteiger partial charge in [0.15, 0.2) is 0 Å². The van der Waals surface area contributed by atoms with Crippen LogP contribution in [0.25, 0.3) is 10.9 Å². The first-order valence-corrected chi connectivity index (χ1v) is 10.6. The van der Waals surface area contributed by atoms with Crippen LogP contribution in [0.1, 0.15) is 16.5 Å². The number of para-hydroxylation sites is 1. The van der Waals surface area contributed by atoms with Crippen molar-refractivity contribution in [2.75, 3.05) is 39.4 Å². The number of carbonyl (C=O) groups excluding carboxylic acids is 1. The second-order valence-corrected chi connectivity index (χ2v) is 7.91. The number of morpholine rings is 1. The lowest BCUT2D eigenvalue weighted by atomic mass is 10.1. The minimum absolute atomic E-state index is 0.116. The van der Waals surface area contributed by atoms with Gasteiger partial charge in [-0.3, -0.25) is 4.90 Å².